The Balaban J connectivity index is 1.40. The standard InChI is InChI=1S/C24H28ClNO/c25-23-16-19(15-18-7-3-1-4-8-18)11-12-20(23)17-21-13-14-26(24(21)27)22-9-5-2-6-10-22/h1,3-4,7-8,11-12,16,21-22H,2,5-6,9-10,13-15,17H2. The molecule has 0 N–H and O–H groups in total. The summed E-state index contributed by atoms with van der Waals surface area (Å²) in [5.74, 6) is 0.454. The van der Waals surface area contributed by atoms with Crippen molar-refractivity contribution in [2.45, 2.75) is 57.4 Å². The van der Waals surface area contributed by atoms with E-state index in [2.05, 4.69) is 47.4 Å². The lowest BCUT2D eigenvalue weighted by atomic mass is 9.93. The number of rotatable bonds is 5. The zero-order valence-corrected chi connectivity index (χ0v) is 16.6. The first-order valence-electron chi connectivity index (χ1n) is 10.3. The molecule has 0 aromatic heterocycles. The molecule has 2 aromatic rings. The number of hydrogen-bond donors (Lipinski definition) is 0. The fourth-order valence-electron chi connectivity index (χ4n) is 4.67. The van der Waals surface area contributed by atoms with Crippen LogP contribution in [0.5, 0.6) is 0 Å². The van der Waals surface area contributed by atoms with Crippen molar-refractivity contribution in [2.75, 3.05) is 6.54 Å². The van der Waals surface area contributed by atoms with Gasteiger partial charge in [-0.1, -0.05) is 73.3 Å². The van der Waals surface area contributed by atoms with E-state index in [1.807, 2.05) is 6.07 Å². The van der Waals surface area contributed by atoms with Crippen LogP contribution in [0.25, 0.3) is 0 Å². The van der Waals surface area contributed by atoms with E-state index in [0.717, 1.165) is 36.4 Å². The Hall–Kier alpha value is -1.80. The van der Waals surface area contributed by atoms with Crippen molar-refractivity contribution >= 4 is 17.5 Å². The topological polar surface area (TPSA) is 20.3 Å². The van der Waals surface area contributed by atoms with E-state index in [-0.39, 0.29) is 5.92 Å². The predicted octanol–water partition coefficient (Wildman–Crippen LogP) is 5.65. The Morgan fingerprint density at radius 3 is 2.44 bits per heavy atom. The highest BCUT2D eigenvalue weighted by Crippen LogP contribution is 2.32. The fourth-order valence-corrected chi connectivity index (χ4v) is 4.95. The third-order valence-electron chi connectivity index (χ3n) is 6.20. The Kier molecular flexibility index (Phi) is 5.83. The summed E-state index contributed by atoms with van der Waals surface area (Å²) in [5, 5.41) is 0.798. The SMILES string of the molecule is O=C1C(Cc2ccc(Cc3ccccc3)cc2Cl)CCN1C1CCCCC1. The minimum atomic E-state index is 0.101. The van der Waals surface area contributed by atoms with Gasteiger partial charge in [0, 0.05) is 23.5 Å². The van der Waals surface area contributed by atoms with Crippen LogP contribution < -0.4 is 0 Å². The molecule has 2 fully saturated rings. The molecule has 4 rings (SSSR count). The number of amides is 1. The zero-order chi connectivity index (χ0) is 18.6. The number of hydrogen-bond acceptors (Lipinski definition) is 1. The van der Waals surface area contributed by atoms with Gasteiger partial charge >= 0.3 is 0 Å². The van der Waals surface area contributed by atoms with E-state index < -0.39 is 0 Å². The van der Waals surface area contributed by atoms with Crippen LogP contribution >= 0.6 is 11.6 Å². The summed E-state index contributed by atoms with van der Waals surface area (Å²) in [7, 11) is 0. The van der Waals surface area contributed by atoms with Crippen molar-refractivity contribution in [3.63, 3.8) is 0 Å². The third kappa shape index (κ3) is 4.38. The highest BCUT2D eigenvalue weighted by Gasteiger charge is 2.36. The van der Waals surface area contributed by atoms with E-state index in [1.54, 1.807) is 0 Å². The molecule has 2 aliphatic rings. The van der Waals surface area contributed by atoms with E-state index in [9.17, 15) is 4.79 Å². The second-order valence-electron chi connectivity index (χ2n) is 8.10. The van der Waals surface area contributed by atoms with Gasteiger partial charge in [-0.2, -0.15) is 0 Å². The molecule has 1 atom stereocenters. The average Bonchev–Trinajstić information content (AvgIpc) is 3.06. The van der Waals surface area contributed by atoms with Crippen molar-refractivity contribution in [2.24, 2.45) is 5.92 Å². The summed E-state index contributed by atoms with van der Waals surface area (Å²) >= 11 is 6.58. The Morgan fingerprint density at radius 2 is 1.70 bits per heavy atom. The lowest BCUT2D eigenvalue weighted by Gasteiger charge is -2.31. The van der Waals surface area contributed by atoms with E-state index in [4.69, 9.17) is 11.6 Å². The van der Waals surface area contributed by atoms with Gasteiger partial charge in [-0.25, -0.2) is 0 Å². The second-order valence-corrected chi connectivity index (χ2v) is 8.51. The molecule has 1 amide bonds. The molecule has 1 saturated heterocycles. The molecule has 142 valence electrons. The minimum Gasteiger partial charge on any atom is -0.339 e. The molecule has 1 saturated carbocycles. The Labute approximate surface area is 167 Å². The first kappa shape index (κ1) is 18.6. The Morgan fingerprint density at radius 1 is 0.926 bits per heavy atom. The van der Waals surface area contributed by atoms with Crippen LogP contribution in [-0.2, 0) is 17.6 Å². The highest BCUT2D eigenvalue weighted by molar-refractivity contribution is 6.31. The highest BCUT2D eigenvalue weighted by atomic mass is 35.5. The summed E-state index contributed by atoms with van der Waals surface area (Å²) in [5.41, 5.74) is 3.62. The monoisotopic (exact) mass is 381 g/mol. The molecule has 2 aromatic carbocycles. The molecule has 1 aliphatic carbocycles. The van der Waals surface area contributed by atoms with Gasteiger partial charge in [-0.15, -0.1) is 0 Å². The van der Waals surface area contributed by atoms with Crippen LogP contribution in [-0.4, -0.2) is 23.4 Å². The van der Waals surface area contributed by atoms with Crippen LogP contribution in [0.3, 0.4) is 0 Å². The Bertz CT molecular complexity index is 782. The van der Waals surface area contributed by atoms with Crippen molar-refractivity contribution in [3.8, 4) is 0 Å². The van der Waals surface area contributed by atoms with Crippen molar-refractivity contribution < 1.29 is 4.79 Å². The lowest BCUT2D eigenvalue weighted by Crippen LogP contribution is -2.39. The van der Waals surface area contributed by atoms with Crippen LogP contribution in [0, 0.1) is 5.92 Å². The number of likely N-dealkylation sites (tertiary alicyclic amines) is 1. The van der Waals surface area contributed by atoms with Gasteiger partial charge < -0.3 is 4.90 Å². The molecule has 0 radical (unpaired) electrons. The zero-order valence-electron chi connectivity index (χ0n) is 15.9. The maximum atomic E-state index is 12.9. The average molecular weight is 382 g/mol. The van der Waals surface area contributed by atoms with Gasteiger partial charge in [-0.3, -0.25) is 4.79 Å². The maximum absolute atomic E-state index is 12.9. The lowest BCUT2D eigenvalue weighted by molar-refractivity contribution is -0.133. The van der Waals surface area contributed by atoms with E-state index in [0.29, 0.717) is 11.9 Å². The third-order valence-corrected chi connectivity index (χ3v) is 6.55. The van der Waals surface area contributed by atoms with Gasteiger partial charge in [0.25, 0.3) is 0 Å². The normalized spacial score (nSPS) is 21.0. The van der Waals surface area contributed by atoms with Gasteiger partial charge in [0.2, 0.25) is 5.91 Å². The summed E-state index contributed by atoms with van der Waals surface area (Å²) in [6.07, 6.45) is 8.87. The van der Waals surface area contributed by atoms with Crippen LogP contribution in [0.4, 0.5) is 0 Å². The molecule has 1 aliphatic heterocycles. The van der Waals surface area contributed by atoms with Crippen LogP contribution in [0.15, 0.2) is 48.5 Å². The summed E-state index contributed by atoms with van der Waals surface area (Å²) < 4.78 is 0. The van der Waals surface area contributed by atoms with Crippen molar-refractivity contribution in [3.05, 3.63) is 70.2 Å². The maximum Gasteiger partial charge on any atom is 0.226 e. The first-order valence-corrected chi connectivity index (χ1v) is 10.7. The summed E-state index contributed by atoms with van der Waals surface area (Å²) in [6.45, 7) is 0.928. The number of carbonyl (C=O) groups excluding carboxylic acids is 1. The van der Waals surface area contributed by atoms with Gasteiger partial charge in [0.1, 0.15) is 0 Å². The summed E-state index contributed by atoms with van der Waals surface area (Å²) in [4.78, 5) is 15.1. The number of benzene rings is 2. The molecular weight excluding hydrogens is 354 g/mol. The predicted molar refractivity (Wildman–Crippen MR) is 111 cm³/mol. The van der Waals surface area contributed by atoms with Gasteiger partial charge in [0.05, 0.1) is 0 Å². The quantitative estimate of drug-likeness (QED) is 0.654. The van der Waals surface area contributed by atoms with E-state index in [1.165, 1.54) is 43.2 Å². The minimum absolute atomic E-state index is 0.101. The van der Waals surface area contributed by atoms with Crippen LogP contribution in [0.1, 0.15) is 55.2 Å². The number of carbonyl (C=O) groups is 1. The molecule has 0 spiro atoms. The molecule has 3 heteroatoms. The van der Waals surface area contributed by atoms with E-state index >= 15 is 0 Å². The first-order chi connectivity index (χ1) is 13.2. The number of nitrogens with zero attached hydrogens (tertiary/aromatic N) is 1. The number of halogens is 1. The van der Waals surface area contributed by atoms with Crippen LogP contribution in [0.2, 0.25) is 5.02 Å². The molecule has 1 unspecified atom stereocenters. The largest absolute Gasteiger partial charge is 0.339 e. The van der Waals surface area contributed by atoms with Gasteiger partial charge in [-0.05, 0) is 54.9 Å². The molecule has 27 heavy (non-hydrogen) atoms. The summed E-state index contributed by atoms with van der Waals surface area (Å²) in [6, 6.07) is 17.3. The van der Waals surface area contributed by atoms with Gasteiger partial charge in [0.15, 0.2) is 0 Å². The molecule has 2 nitrogen and oxygen atoms in total. The smallest absolute Gasteiger partial charge is 0.226 e. The molecule has 1 heterocycles. The second kappa shape index (κ2) is 8.48. The van der Waals surface area contributed by atoms with Crippen molar-refractivity contribution in [1.82, 2.24) is 4.90 Å². The fraction of sp³-hybridized carbons (Fsp3) is 0.458. The molecule has 0 bridgehead atoms. The van der Waals surface area contributed by atoms with Crippen molar-refractivity contribution in [1.29, 1.82) is 0 Å². The molecular formula is C24H28ClNO.